The van der Waals surface area contributed by atoms with Crippen molar-refractivity contribution in [2.24, 2.45) is 7.05 Å². The van der Waals surface area contributed by atoms with Gasteiger partial charge in [-0.25, -0.2) is 8.42 Å². The van der Waals surface area contributed by atoms with Crippen LogP contribution in [-0.4, -0.2) is 47.7 Å². The maximum atomic E-state index is 11.6. The Morgan fingerprint density at radius 3 is 2.68 bits per heavy atom. The molecule has 1 aromatic heterocycles. The minimum absolute atomic E-state index is 0.267. The van der Waals surface area contributed by atoms with E-state index < -0.39 is 9.84 Å². The lowest BCUT2D eigenvalue weighted by atomic mass is 10.3. The van der Waals surface area contributed by atoms with Gasteiger partial charge in [0.1, 0.15) is 0 Å². The summed E-state index contributed by atoms with van der Waals surface area (Å²) < 4.78 is 26.1. The average Bonchev–Trinajstić information content (AvgIpc) is 2.51. The van der Waals surface area contributed by atoms with Crippen LogP contribution < -0.4 is 0 Å². The van der Waals surface area contributed by atoms with Gasteiger partial charge < -0.3 is 0 Å². The van der Waals surface area contributed by atoms with Gasteiger partial charge in [-0.1, -0.05) is 6.92 Å². The van der Waals surface area contributed by atoms with Crippen molar-refractivity contribution in [3.63, 3.8) is 0 Å². The third-order valence-electron chi connectivity index (χ3n) is 3.52. The van der Waals surface area contributed by atoms with Crippen molar-refractivity contribution in [3.8, 4) is 0 Å². The van der Waals surface area contributed by atoms with Crippen molar-refractivity contribution in [3.05, 3.63) is 15.9 Å². The number of hydrogen-bond donors (Lipinski definition) is 0. The molecular formula is C12H20BrN3O2S. The van der Waals surface area contributed by atoms with Crippen molar-refractivity contribution in [2.75, 3.05) is 24.6 Å². The Balaban J connectivity index is 2.11. The van der Waals surface area contributed by atoms with Gasteiger partial charge in [0.2, 0.25) is 0 Å². The van der Waals surface area contributed by atoms with Crippen LogP contribution in [0.4, 0.5) is 0 Å². The van der Waals surface area contributed by atoms with Crippen LogP contribution in [0, 0.1) is 0 Å². The Kier molecular flexibility index (Phi) is 4.68. The van der Waals surface area contributed by atoms with E-state index in [1.54, 1.807) is 0 Å². The lowest BCUT2D eigenvalue weighted by Gasteiger charge is -2.19. The van der Waals surface area contributed by atoms with E-state index in [0.29, 0.717) is 12.3 Å². The summed E-state index contributed by atoms with van der Waals surface area (Å²) in [6, 6.07) is 0. The summed E-state index contributed by atoms with van der Waals surface area (Å²) >= 11 is 3.60. The molecule has 0 amide bonds. The van der Waals surface area contributed by atoms with Crippen molar-refractivity contribution >= 4 is 25.8 Å². The summed E-state index contributed by atoms with van der Waals surface area (Å²) in [5.74, 6) is 0.583. The lowest BCUT2D eigenvalue weighted by Crippen LogP contribution is -2.27. The molecular weight excluding hydrogens is 330 g/mol. The van der Waals surface area contributed by atoms with Gasteiger partial charge in [0.25, 0.3) is 0 Å². The highest BCUT2D eigenvalue weighted by molar-refractivity contribution is 9.10. The number of halogens is 1. The van der Waals surface area contributed by atoms with E-state index >= 15 is 0 Å². The second-order valence-electron chi connectivity index (χ2n) is 4.97. The minimum atomic E-state index is -2.84. The van der Waals surface area contributed by atoms with E-state index in [-0.39, 0.29) is 5.75 Å². The predicted molar refractivity (Wildman–Crippen MR) is 78.8 cm³/mol. The highest BCUT2D eigenvalue weighted by atomic mass is 79.9. The Morgan fingerprint density at radius 1 is 1.32 bits per heavy atom. The summed E-state index contributed by atoms with van der Waals surface area (Å²) in [6.45, 7) is 4.27. The number of sulfone groups is 1. The molecule has 7 heteroatoms. The van der Waals surface area contributed by atoms with Crippen molar-refractivity contribution in [1.82, 2.24) is 14.7 Å². The zero-order chi connectivity index (χ0) is 14.0. The van der Waals surface area contributed by atoms with Crippen LogP contribution in [0.25, 0.3) is 0 Å². The maximum absolute atomic E-state index is 11.6. The van der Waals surface area contributed by atoms with Crippen molar-refractivity contribution in [1.29, 1.82) is 0 Å². The molecule has 1 saturated heterocycles. The van der Waals surface area contributed by atoms with Gasteiger partial charge >= 0.3 is 0 Å². The molecule has 0 bridgehead atoms. The number of rotatable bonds is 3. The fourth-order valence-corrected chi connectivity index (χ4v) is 4.40. The summed E-state index contributed by atoms with van der Waals surface area (Å²) in [7, 11) is -0.902. The third-order valence-corrected chi connectivity index (χ3v) is 6.16. The SMILES string of the molecule is CCc1nn(C)c(CN2CCCS(=O)(=O)CC2)c1Br. The summed E-state index contributed by atoms with van der Waals surface area (Å²) in [4.78, 5) is 2.20. The molecule has 5 nitrogen and oxygen atoms in total. The highest BCUT2D eigenvalue weighted by Gasteiger charge is 2.21. The van der Waals surface area contributed by atoms with Crippen LogP contribution in [0.3, 0.4) is 0 Å². The van der Waals surface area contributed by atoms with Crippen LogP contribution in [0.2, 0.25) is 0 Å². The van der Waals surface area contributed by atoms with Gasteiger partial charge in [-0.3, -0.25) is 9.58 Å². The average molecular weight is 350 g/mol. The molecule has 1 aliphatic rings. The molecule has 0 radical (unpaired) electrons. The van der Waals surface area contributed by atoms with Gasteiger partial charge in [-0.2, -0.15) is 5.10 Å². The Bertz CT molecular complexity index is 554. The molecule has 0 unspecified atom stereocenters. The predicted octanol–water partition coefficient (Wildman–Crippen LogP) is 1.37. The molecule has 1 fully saturated rings. The van der Waals surface area contributed by atoms with Crippen LogP contribution in [0.1, 0.15) is 24.7 Å². The van der Waals surface area contributed by atoms with E-state index in [4.69, 9.17) is 0 Å². The van der Waals surface area contributed by atoms with E-state index in [2.05, 4.69) is 32.9 Å². The van der Waals surface area contributed by atoms with Crippen molar-refractivity contribution in [2.45, 2.75) is 26.3 Å². The summed E-state index contributed by atoms with van der Waals surface area (Å²) in [6.07, 6.45) is 1.61. The van der Waals surface area contributed by atoms with Crippen molar-refractivity contribution < 1.29 is 8.42 Å². The molecule has 0 aliphatic carbocycles. The number of aromatic nitrogens is 2. The molecule has 0 saturated carbocycles. The molecule has 1 aromatic rings. The molecule has 0 aromatic carbocycles. The largest absolute Gasteiger partial charge is 0.296 e. The van der Waals surface area contributed by atoms with Crippen LogP contribution in [0.15, 0.2) is 4.47 Å². The number of hydrogen-bond acceptors (Lipinski definition) is 4. The first-order chi connectivity index (χ1) is 8.93. The number of nitrogens with zero attached hydrogens (tertiary/aromatic N) is 3. The van der Waals surface area contributed by atoms with E-state index in [9.17, 15) is 8.42 Å². The number of aryl methyl sites for hydroxylation is 2. The highest BCUT2D eigenvalue weighted by Crippen LogP contribution is 2.23. The van der Waals surface area contributed by atoms with Crippen LogP contribution >= 0.6 is 15.9 Å². The first-order valence-corrected chi connectivity index (χ1v) is 9.17. The standard InChI is InChI=1S/C12H20BrN3O2S/c1-3-10-12(13)11(15(2)14-10)9-16-5-4-7-19(17,18)8-6-16/h3-9H2,1-2H3. The van der Waals surface area contributed by atoms with E-state index in [1.807, 2.05) is 11.7 Å². The normalized spacial score (nSPS) is 20.4. The smallest absolute Gasteiger partial charge is 0.151 e. The lowest BCUT2D eigenvalue weighted by molar-refractivity contribution is 0.279. The van der Waals surface area contributed by atoms with Crippen LogP contribution in [0.5, 0.6) is 0 Å². The van der Waals surface area contributed by atoms with E-state index in [1.165, 1.54) is 0 Å². The van der Waals surface area contributed by atoms with Gasteiger partial charge in [0.15, 0.2) is 9.84 Å². The molecule has 0 spiro atoms. The van der Waals surface area contributed by atoms with Gasteiger partial charge in [-0.15, -0.1) is 0 Å². The first kappa shape index (κ1) is 15.0. The second kappa shape index (κ2) is 5.93. The quantitative estimate of drug-likeness (QED) is 0.826. The Labute approximate surface area is 123 Å². The molecule has 108 valence electrons. The maximum Gasteiger partial charge on any atom is 0.151 e. The fraction of sp³-hybridized carbons (Fsp3) is 0.750. The van der Waals surface area contributed by atoms with Gasteiger partial charge in [-0.05, 0) is 35.3 Å². The fourth-order valence-electron chi connectivity index (χ4n) is 2.35. The summed E-state index contributed by atoms with van der Waals surface area (Å²) in [5, 5.41) is 4.47. The molecule has 0 atom stereocenters. The van der Waals surface area contributed by atoms with Gasteiger partial charge in [0, 0.05) is 20.1 Å². The second-order valence-corrected chi connectivity index (χ2v) is 8.06. The van der Waals surface area contributed by atoms with Crippen LogP contribution in [-0.2, 0) is 29.9 Å². The third kappa shape index (κ3) is 3.58. The van der Waals surface area contributed by atoms with E-state index in [0.717, 1.165) is 41.8 Å². The molecule has 19 heavy (non-hydrogen) atoms. The Hall–Kier alpha value is -0.400. The summed E-state index contributed by atoms with van der Waals surface area (Å²) in [5.41, 5.74) is 2.18. The molecule has 0 N–H and O–H groups in total. The molecule has 2 heterocycles. The first-order valence-electron chi connectivity index (χ1n) is 6.56. The molecule has 2 rings (SSSR count). The molecule has 1 aliphatic heterocycles. The zero-order valence-electron chi connectivity index (χ0n) is 11.4. The monoisotopic (exact) mass is 349 g/mol. The zero-order valence-corrected chi connectivity index (χ0v) is 13.8. The Morgan fingerprint density at radius 2 is 2.05 bits per heavy atom. The topological polar surface area (TPSA) is 55.2 Å². The van der Waals surface area contributed by atoms with Gasteiger partial charge in [0.05, 0.1) is 27.4 Å². The minimum Gasteiger partial charge on any atom is -0.296 e.